The van der Waals surface area contributed by atoms with E-state index in [9.17, 15) is 4.79 Å². The van der Waals surface area contributed by atoms with E-state index in [1.165, 1.54) is 12.8 Å². The number of nitrogens with one attached hydrogen (secondary N) is 1. The summed E-state index contributed by atoms with van der Waals surface area (Å²) in [6.07, 6.45) is 2.46. The monoisotopic (exact) mass is 157 g/mol. The van der Waals surface area contributed by atoms with E-state index in [-0.39, 0.29) is 5.97 Å². The Morgan fingerprint density at radius 3 is 2.91 bits per heavy atom. The molecule has 1 aliphatic carbocycles. The van der Waals surface area contributed by atoms with Crippen molar-refractivity contribution < 1.29 is 9.53 Å². The van der Waals surface area contributed by atoms with E-state index in [0.717, 1.165) is 6.54 Å². The zero-order valence-corrected chi connectivity index (χ0v) is 6.93. The first-order valence-corrected chi connectivity index (χ1v) is 4.19. The van der Waals surface area contributed by atoms with Crippen LogP contribution in [0.5, 0.6) is 0 Å². The molecule has 1 fully saturated rings. The standard InChI is InChI=1S/C8H15NO2/c1-2-9-5-8(10)11-6-7-3-4-7/h7,9H,2-6H2,1H3. The topological polar surface area (TPSA) is 38.3 Å². The van der Waals surface area contributed by atoms with Gasteiger partial charge in [0.25, 0.3) is 0 Å². The summed E-state index contributed by atoms with van der Waals surface area (Å²) in [4.78, 5) is 10.8. The van der Waals surface area contributed by atoms with Gasteiger partial charge < -0.3 is 10.1 Å². The smallest absolute Gasteiger partial charge is 0.319 e. The first-order chi connectivity index (χ1) is 5.33. The molecule has 3 nitrogen and oxygen atoms in total. The lowest BCUT2D eigenvalue weighted by molar-refractivity contribution is -0.143. The van der Waals surface area contributed by atoms with Gasteiger partial charge in [-0.15, -0.1) is 0 Å². The van der Waals surface area contributed by atoms with E-state index in [2.05, 4.69) is 5.32 Å². The summed E-state index contributed by atoms with van der Waals surface area (Å²) >= 11 is 0. The van der Waals surface area contributed by atoms with Crippen LogP contribution in [0, 0.1) is 5.92 Å². The van der Waals surface area contributed by atoms with Gasteiger partial charge in [0.2, 0.25) is 0 Å². The summed E-state index contributed by atoms with van der Waals surface area (Å²) in [5, 5.41) is 2.92. The molecule has 0 amide bonds. The molecule has 0 aromatic carbocycles. The highest BCUT2D eigenvalue weighted by atomic mass is 16.5. The third kappa shape index (κ3) is 3.98. The Hall–Kier alpha value is -0.570. The van der Waals surface area contributed by atoms with Crippen molar-refractivity contribution in [2.45, 2.75) is 19.8 Å². The van der Waals surface area contributed by atoms with Gasteiger partial charge in [0.15, 0.2) is 0 Å². The molecule has 0 unspecified atom stereocenters. The first kappa shape index (κ1) is 8.53. The van der Waals surface area contributed by atoms with Crippen LogP contribution >= 0.6 is 0 Å². The lowest BCUT2D eigenvalue weighted by atomic mass is 10.5. The summed E-state index contributed by atoms with van der Waals surface area (Å²) < 4.78 is 4.97. The van der Waals surface area contributed by atoms with Crippen LogP contribution in [0.4, 0.5) is 0 Å². The Balaban J connectivity index is 1.91. The molecule has 64 valence electrons. The van der Waals surface area contributed by atoms with Crippen molar-refractivity contribution in [2.24, 2.45) is 5.92 Å². The Morgan fingerprint density at radius 1 is 1.64 bits per heavy atom. The molecule has 0 spiro atoms. The van der Waals surface area contributed by atoms with Crippen molar-refractivity contribution in [3.05, 3.63) is 0 Å². The highest BCUT2D eigenvalue weighted by Gasteiger charge is 2.22. The molecule has 0 atom stereocenters. The zero-order valence-electron chi connectivity index (χ0n) is 6.93. The predicted octanol–water partition coefficient (Wildman–Crippen LogP) is 0.549. The van der Waals surface area contributed by atoms with E-state index in [4.69, 9.17) is 4.74 Å². The number of esters is 1. The molecule has 0 radical (unpaired) electrons. The molecule has 1 aliphatic rings. The van der Waals surface area contributed by atoms with Gasteiger partial charge in [0, 0.05) is 0 Å². The van der Waals surface area contributed by atoms with Crippen LogP contribution in [0.2, 0.25) is 0 Å². The van der Waals surface area contributed by atoms with Crippen molar-refractivity contribution in [1.82, 2.24) is 5.32 Å². The fourth-order valence-corrected chi connectivity index (χ4v) is 0.773. The van der Waals surface area contributed by atoms with Crippen molar-refractivity contribution in [2.75, 3.05) is 19.7 Å². The number of rotatable bonds is 5. The minimum Gasteiger partial charge on any atom is -0.464 e. The quantitative estimate of drug-likeness (QED) is 0.592. The lowest BCUT2D eigenvalue weighted by Crippen LogP contribution is -2.24. The summed E-state index contributed by atoms with van der Waals surface area (Å²) in [7, 11) is 0. The highest BCUT2D eigenvalue weighted by Crippen LogP contribution is 2.28. The van der Waals surface area contributed by atoms with Gasteiger partial charge in [-0.2, -0.15) is 0 Å². The summed E-state index contributed by atoms with van der Waals surface area (Å²) in [6, 6.07) is 0. The number of likely N-dealkylation sites (N-methyl/N-ethyl adjacent to an activating group) is 1. The number of carbonyl (C=O) groups excluding carboxylic acids is 1. The van der Waals surface area contributed by atoms with Crippen LogP contribution in [-0.2, 0) is 9.53 Å². The maximum Gasteiger partial charge on any atom is 0.319 e. The minimum absolute atomic E-state index is 0.126. The Kier molecular flexibility index (Phi) is 3.36. The minimum atomic E-state index is -0.126. The molecule has 1 N–H and O–H groups in total. The van der Waals surface area contributed by atoms with Crippen LogP contribution < -0.4 is 5.32 Å². The molecule has 0 heterocycles. The van der Waals surface area contributed by atoms with Crippen molar-refractivity contribution in [3.8, 4) is 0 Å². The molecule has 1 rings (SSSR count). The second-order valence-corrected chi connectivity index (χ2v) is 2.91. The number of carbonyl (C=O) groups is 1. The molecule has 0 aromatic heterocycles. The van der Waals surface area contributed by atoms with Crippen LogP contribution in [-0.4, -0.2) is 25.7 Å². The maximum absolute atomic E-state index is 10.8. The summed E-state index contributed by atoms with van der Waals surface area (Å²) in [6.45, 7) is 3.76. The lowest BCUT2D eigenvalue weighted by Gasteiger charge is -2.02. The van der Waals surface area contributed by atoms with E-state index < -0.39 is 0 Å². The summed E-state index contributed by atoms with van der Waals surface area (Å²) in [5.74, 6) is 0.541. The maximum atomic E-state index is 10.8. The molecule has 0 aromatic rings. The number of hydrogen-bond acceptors (Lipinski definition) is 3. The molecule has 0 aliphatic heterocycles. The molecule has 3 heteroatoms. The van der Waals surface area contributed by atoms with Crippen LogP contribution in [0.25, 0.3) is 0 Å². The Bertz CT molecular complexity index is 132. The second kappa shape index (κ2) is 4.34. The highest BCUT2D eigenvalue weighted by molar-refractivity contribution is 5.71. The van der Waals surface area contributed by atoms with E-state index in [1.54, 1.807) is 0 Å². The molecule has 0 bridgehead atoms. The Morgan fingerprint density at radius 2 is 2.36 bits per heavy atom. The number of ether oxygens (including phenoxy) is 1. The fourth-order valence-electron chi connectivity index (χ4n) is 0.773. The fraction of sp³-hybridized carbons (Fsp3) is 0.875. The van der Waals surface area contributed by atoms with Crippen molar-refractivity contribution in [3.63, 3.8) is 0 Å². The predicted molar refractivity (Wildman–Crippen MR) is 42.2 cm³/mol. The van der Waals surface area contributed by atoms with Gasteiger partial charge >= 0.3 is 5.97 Å². The van der Waals surface area contributed by atoms with Crippen LogP contribution in [0.15, 0.2) is 0 Å². The normalized spacial score (nSPS) is 16.5. The van der Waals surface area contributed by atoms with Crippen LogP contribution in [0.1, 0.15) is 19.8 Å². The average molecular weight is 157 g/mol. The average Bonchev–Trinajstić information content (AvgIpc) is 2.80. The zero-order chi connectivity index (χ0) is 8.10. The molecule has 0 saturated heterocycles. The Labute approximate surface area is 67.1 Å². The SMILES string of the molecule is CCNCC(=O)OCC1CC1. The second-order valence-electron chi connectivity index (χ2n) is 2.91. The summed E-state index contributed by atoms with van der Waals surface area (Å²) in [5.41, 5.74) is 0. The third-order valence-electron chi connectivity index (χ3n) is 1.70. The largest absolute Gasteiger partial charge is 0.464 e. The number of hydrogen-bond donors (Lipinski definition) is 1. The van der Waals surface area contributed by atoms with Crippen molar-refractivity contribution in [1.29, 1.82) is 0 Å². The van der Waals surface area contributed by atoms with E-state index in [0.29, 0.717) is 19.1 Å². The van der Waals surface area contributed by atoms with Gasteiger partial charge in [0.05, 0.1) is 13.2 Å². The van der Waals surface area contributed by atoms with E-state index in [1.807, 2.05) is 6.92 Å². The van der Waals surface area contributed by atoms with Crippen LogP contribution in [0.3, 0.4) is 0 Å². The molecular weight excluding hydrogens is 142 g/mol. The molecular formula is C8H15NO2. The van der Waals surface area contributed by atoms with E-state index >= 15 is 0 Å². The van der Waals surface area contributed by atoms with Gasteiger partial charge in [-0.05, 0) is 25.3 Å². The third-order valence-corrected chi connectivity index (χ3v) is 1.70. The van der Waals surface area contributed by atoms with Crippen molar-refractivity contribution >= 4 is 5.97 Å². The first-order valence-electron chi connectivity index (χ1n) is 4.19. The molecule has 1 saturated carbocycles. The molecule has 11 heavy (non-hydrogen) atoms. The van der Waals surface area contributed by atoms with Gasteiger partial charge in [-0.1, -0.05) is 6.92 Å². The van der Waals surface area contributed by atoms with Gasteiger partial charge in [-0.25, -0.2) is 0 Å². The van der Waals surface area contributed by atoms with Gasteiger partial charge in [-0.3, -0.25) is 4.79 Å². The van der Waals surface area contributed by atoms with Gasteiger partial charge in [0.1, 0.15) is 0 Å².